The molecular formula is C24H32FN3O4. The molecule has 0 spiro atoms. The smallest absolute Gasteiger partial charge is 0.302 e. The van der Waals surface area contributed by atoms with Crippen LogP contribution in [-0.2, 0) is 25.6 Å². The summed E-state index contributed by atoms with van der Waals surface area (Å²) in [7, 11) is 0. The van der Waals surface area contributed by atoms with Crippen LogP contribution in [0.25, 0.3) is 10.9 Å². The number of likely N-dealkylation sites (tertiary alicyclic amines) is 1. The molecule has 0 aliphatic carbocycles. The van der Waals surface area contributed by atoms with E-state index in [4.69, 9.17) is 9.47 Å². The number of aromatic nitrogens is 1. The molecule has 1 N–H and O–H groups in total. The number of nitrogens with zero attached hydrogens (tertiary/aromatic N) is 2. The normalized spacial score (nSPS) is 19.3. The van der Waals surface area contributed by atoms with E-state index in [-0.39, 0.29) is 29.7 Å². The van der Waals surface area contributed by atoms with Crippen molar-refractivity contribution >= 4 is 22.8 Å². The summed E-state index contributed by atoms with van der Waals surface area (Å²) in [5.41, 5.74) is 2.76. The van der Waals surface area contributed by atoms with Gasteiger partial charge in [-0.05, 0) is 56.6 Å². The second-order valence-corrected chi connectivity index (χ2v) is 9.14. The van der Waals surface area contributed by atoms with E-state index in [1.165, 1.54) is 13.0 Å². The number of esters is 1. The van der Waals surface area contributed by atoms with Crippen molar-refractivity contribution in [2.45, 2.75) is 39.7 Å². The van der Waals surface area contributed by atoms with Crippen LogP contribution in [0.4, 0.5) is 4.39 Å². The van der Waals surface area contributed by atoms with Gasteiger partial charge in [-0.2, -0.15) is 0 Å². The fraction of sp³-hybridized carbons (Fsp3) is 0.583. The number of carbonyl (C=O) groups is 2. The molecule has 1 aromatic carbocycles. The van der Waals surface area contributed by atoms with Crippen LogP contribution in [0, 0.1) is 18.2 Å². The van der Waals surface area contributed by atoms with Crippen LogP contribution in [0.3, 0.4) is 0 Å². The Balaban J connectivity index is 1.42. The van der Waals surface area contributed by atoms with E-state index in [0.717, 1.165) is 54.6 Å². The average molecular weight is 446 g/mol. The molecule has 0 unspecified atom stereocenters. The van der Waals surface area contributed by atoms with Gasteiger partial charge in [0, 0.05) is 55.0 Å². The lowest BCUT2D eigenvalue weighted by molar-refractivity contribution is -0.150. The van der Waals surface area contributed by atoms with E-state index in [1.54, 1.807) is 12.1 Å². The molecule has 1 aromatic heterocycles. The second-order valence-electron chi connectivity index (χ2n) is 9.14. The van der Waals surface area contributed by atoms with Crippen LogP contribution in [-0.4, -0.2) is 72.7 Å². The number of morpholine rings is 1. The van der Waals surface area contributed by atoms with Gasteiger partial charge < -0.3 is 19.4 Å². The first kappa shape index (κ1) is 22.7. The lowest BCUT2D eigenvalue weighted by atomic mass is 9.75. The first-order valence-electron chi connectivity index (χ1n) is 11.3. The van der Waals surface area contributed by atoms with Crippen molar-refractivity contribution in [3.8, 4) is 0 Å². The summed E-state index contributed by atoms with van der Waals surface area (Å²) in [4.78, 5) is 32.1. The highest BCUT2D eigenvalue weighted by Crippen LogP contribution is 2.37. The highest BCUT2D eigenvalue weighted by Gasteiger charge is 2.39. The van der Waals surface area contributed by atoms with Crippen molar-refractivity contribution in [1.29, 1.82) is 0 Å². The Morgan fingerprint density at radius 1 is 1.19 bits per heavy atom. The SMILES string of the molecule is CC(=O)OCC1(CC(=O)N2CCOCC2)CCN(Cc2[nH]c3ccc(F)cc3c2C)CC1. The molecule has 4 rings (SSSR count). The van der Waals surface area contributed by atoms with Gasteiger partial charge in [-0.1, -0.05) is 0 Å². The second kappa shape index (κ2) is 9.58. The topological polar surface area (TPSA) is 74.9 Å². The maximum absolute atomic E-state index is 13.6. The molecule has 2 aliphatic rings. The Hall–Kier alpha value is -2.45. The third-order valence-electron chi connectivity index (χ3n) is 6.89. The zero-order valence-electron chi connectivity index (χ0n) is 18.9. The molecule has 2 aromatic rings. The van der Waals surface area contributed by atoms with Crippen LogP contribution in [0.2, 0.25) is 0 Å². The molecule has 1 amide bonds. The first-order valence-corrected chi connectivity index (χ1v) is 11.3. The number of amides is 1. The molecule has 0 saturated carbocycles. The van der Waals surface area contributed by atoms with Gasteiger partial charge in [-0.25, -0.2) is 4.39 Å². The number of piperidine rings is 1. The fourth-order valence-corrected chi connectivity index (χ4v) is 4.79. The summed E-state index contributed by atoms with van der Waals surface area (Å²) in [5.74, 6) is -0.432. The number of H-pyrrole nitrogens is 1. The maximum Gasteiger partial charge on any atom is 0.302 e. The number of aryl methyl sites for hydroxylation is 1. The van der Waals surface area contributed by atoms with Crippen molar-refractivity contribution < 1.29 is 23.5 Å². The minimum absolute atomic E-state index is 0.113. The first-order chi connectivity index (χ1) is 15.3. The van der Waals surface area contributed by atoms with Gasteiger partial charge in [0.25, 0.3) is 0 Å². The number of fused-ring (bicyclic) bond motifs is 1. The zero-order chi connectivity index (χ0) is 22.7. The monoisotopic (exact) mass is 445 g/mol. The van der Waals surface area contributed by atoms with E-state index in [1.807, 2.05) is 11.8 Å². The van der Waals surface area contributed by atoms with Gasteiger partial charge in [0.1, 0.15) is 5.82 Å². The molecule has 2 saturated heterocycles. The van der Waals surface area contributed by atoms with Crippen LogP contribution < -0.4 is 0 Å². The van der Waals surface area contributed by atoms with E-state index >= 15 is 0 Å². The number of nitrogens with one attached hydrogen (secondary N) is 1. The number of carbonyl (C=O) groups excluding carboxylic acids is 2. The van der Waals surface area contributed by atoms with Gasteiger partial charge in [0.05, 0.1) is 19.8 Å². The lowest BCUT2D eigenvalue weighted by Gasteiger charge is -2.42. The highest BCUT2D eigenvalue weighted by molar-refractivity contribution is 5.84. The van der Waals surface area contributed by atoms with Crippen molar-refractivity contribution in [3.05, 3.63) is 35.3 Å². The van der Waals surface area contributed by atoms with E-state index in [9.17, 15) is 14.0 Å². The molecule has 32 heavy (non-hydrogen) atoms. The Kier molecular flexibility index (Phi) is 6.81. The Morgan fingerprint density at radius 3 is 2.59 bits per heavy atom. The van der Waals surface area contributed by atoms with Crippen molar-refractivity contribution in [1.82, 2.24) is 14.8 Å². The molecule has 0 radical (unpaired) electrons. The quantitative estimate of drug-likeness (QED) is 0.692. The van der Waals surface area contributed by atoms with Gasteiger partial charge >= 0.3 is 5.97 Å². The summed E-state index contributed by atoms with van der Waals surface area (Å²) < 4.78 is 24.4. The van der Waals surface area contributed by atoms with Crippen LogP contribution in [0.5, 0.6) is 0 Å². The van der Waals surface area contributed by atoms with Gasteiger partial charge in [-0.15, -0.1) is 0 Å². The molecular weight excluding hydrogens is 413 g/mol. The van der Waals surface area contributed by atoms with Crippen LogP contribution >= 0.6 is 0 Å². The Morgan fingerprint density at radius 2 is 1.91 bits per heavy atom. The summed E-state index contributed by atoms with van der Waals surface area (Å²) >= 11 is 0. The van der Waals surface area contributed by atoms with Gasteiger partial charge in [0.2, 0.25) is 5.91 Å². The minimum atomic E-state index is -0.337. The molecule has 2 fully saturated rings. The van der Waals surface area contributed by atoms with Crippen LogP contribution in [0.1, 0.15) is 37.4 Å². The molecule has 8 heteroatoms. The molecule has 0 bridgehead atoms. The predicted molar refractivity (Wildman–Crippen MR) is 119 cm³/mol. The van der Waals surface area contributed by atoms with Gasteiger partial charge in [-0.3, -0.25) is 14.5 Å². The maximum atomic E-state index is 13.6. The summed E-state index contributed by atoms with van der Waals surface area (Å²) in [6.07, 6.45) is 1.95. The number of benzene rings is 1. The Bertz CT molecular complexity index is 975. The van der Waals surface area contributed by atoms with Crippen molar-refractivity contribution in [2.24, 2.45) is 5.41 Å². The number of hydrogen-bond donors (Lipinski definition) is 1. The third-order valence-corrected chi connectivity index (χ3v) is 6.89. The summed E-state index contributed by atoms with van der Waals surface area (Å²) in [5, 5.41) is 0.914. The average Bonchev–Trinajstić information content (AvgIpc) is 3.09. The predicted octanol–water partition coefficient (Wildman–Crippen LogP) is 3.01. The largest absolute Gasteiger partial charge is 0.465 e. The number of halogens is 1. The number of ether oxygens (including phenoxy) is 2. The zero-order valence-corrected chi connectivity index (χ0v) is 18.9. The minimum Gasteiger partial charge on any atom is -0.465 e. The van der Waals surface area contributed by atoms with Gasteiger partial charge in [0.15, 0.2) is 0 Å². The summed E-state index contributed by atoms with van der Waals surface area (Å²) in [6, 6.07) is 4.82. The molecule has 7 nitrogen and oxygen atoms in total. The van der Waals surface area contributed by atoms with Crippen LogP contribution in [0.15, 0.2) is 18.2 Å². The van der Waals surface area contributed by atoms with E-state index in [0.29, 0.717) is 32.7 Å². The van der Waals surface area contributed by atoms with Crippen molar-refractivity contribution in [3.63, 3.8) is 0 Å². The number of aromatic amines is 1. The molecule has 0 atom stereocenters. The van der Waals surface area contributed by atoms with Crippen molar-refractivity contribution in [2.75, 3.05) is 46.0 Å². The standard InChI is InChI=1S/C24H32FN3O4/c1-17-20-13-19(25)3-4-21(20)26-22(17)15-27-7-5-24(6-8-27,16-32-18(2)29)14-23(30)28-9-11-31-12-10-28/h3-4,13,26H,5-12,14-16H2,1-2H3. The highest BCUT2D eigenvalue weighted by atomic mass is 19.1. The number of rotatable bonds is 6. The fourth-order valence-electron chi connectivity index (χ4n) is 4.79. The third kappa shape index (κ3) is 5.13. The summed E-state index contributed by atoms with van der Waals surface area (Å²) in [6.45, 7) is 8.44. The van der Waals surface area contributed by atoms with E-state index < -0.39 is 0 Å². The molecule has 174 valence electrons. The molecule has 2 aliphatic heterocycles. The van der Waals surface area contributed by atoms with E-state index in [2.05, 4.69) is 9.88 Å². The number of hydrogen-bond acceptors (Lipinski definition) is 5. The lowest BCUT2D eigenvalue weighted by Crippen LogP contribution is -2.47. The molecule has 3 heterocycles. The Labute approximate surface area is 187 Å².